The number of halogens is 2. The van der Waals surface area contributed by atoms with Crippen LogP contribution >= 0.6 is 31.9 Å². The predicted molar refractivity (Wildman–Crippen MR) is 93.1 cm³/mol. The van der Waals surface area contributed by atoms with Crippen molar-refractivity contribution in [1.82, 2.24) is 5.32 Å². The van der Waals surface area contributed by atoms with Gasteiger partial charge in [0, 0.05) is 15.0 Å². The second-order valence-corrected chi connectivity index (χ2v) is 6.72. The first-order chi connectivity index (χ1) is 9.60. The third-order valence-electron chi connectivity index (χ3n) is 3.38. The first-order valence-corrected chi connectivity index (χ1v) is 8.42. The number of hydrogen-bond acceptors (Lipinski definition) is 1. The summed E-state index contributed by atoms with van der Waals surface area (Å²) in [4.78, 5) is 0. The highest BCUT2D eigenvalue weighted by Crippen LogP contribution is 2.25. The van der Waals surface area contributed by atoms with E-state index in [2.05, 4.69) is 93.5 Å². The maximum absolute atomic E-state index is 3.63. The van der Waals surface area contributed by atoms with Crippen molar-refractivity contribution in [2.45, 2.75) is 26.3 Å². The van der Waals surface area contributed by atoms with Crippen molar-refractivity contribution in [1.29, 1.82) is 0 Å². The molecule has 3 heteroatoms. The first kappa shape index (κ1) is 15.7. The smallest absolute Gasteiger partial charge is 0.0361 e. The molecule has 0 spiro atoms. The third-order valence-corrected chi connectivity index (χ3v) is 4.73. The third kappa shape index (κ3) is 4.18. The largest absolute Gasteiger partial charge is 0.310 e. The van der Waals surface area contributed by atoms with Gasteiger partial charge in [-0.2, -0.15) is 0 Å². The normalized spacial score (nSPS) is 12.4. The summed E-state index contributed by atoms with van der Waals surface area (Å²) < 4.78 is 2.31. The number of rotatable bonds is 5. The highest BCUT2D eigenvalue weighted by molar-refractivity contribution is 9.10. The van der Waals surface area contributed by atoms with Crippen molar-refractivity contribution in [2.24, 2.45) is 0 Å². The molecule has 0 amide bonds. The second kappa shape index (κ2) is 7.39. The lowest BCUT2D eigenvalue weighted by molar-refractivity contribution is 0.549. The molecule has 2 rings (SSSR count). The highest BCUT2D eigenvalue weighted by atomic mass is 79.9. The minimum absolute atomic E-state index is 0.339. The zero-order chi connectivity index (χ0) is 14.5. The number of likely N-dealkylation sites (N-methyl/N-ethyl adjacent to an activating group) is 1. The number of aryl methyl sites for hydroxylation is 1. The highest BCUT2D eigenvalue weighted by Gasteiger charge is 2.12. The summed E-state index contributed by atoms with van der Waals surface area (Å²) >= 11 is 7.17. The summed E-state index contributed by atoms with van der Waals surface area (Å²) in [5, 5.41) is 3.58. The fourth-order valence-electron chi connectivity index (χ4n) is 2.28. The Balaban J connectivity index is 2.24. The molecule has 0 saturated heterocycles. The Morgan fingerprint density at radius 1 is 1.10 bits per heavy atom. The molecule has 0 aliphatic rings. The molecule has 0 fully saturated rings. The molecule has 0 aromatic heterocycles. The van der Waals surface area contributed by atoms with Gasteiger partial charge in [-0.1, -0.05) is 63.0 Å². The summed E-state index contributed by atoms with van der Waals surface area (Å²) in [6.07, 6.45) is 0.989. The summed E-state index contributed by atoms with van der Waals surface area (Å²) in [7, 11) is 0. The Bertz CT molecular complexity index is 581. The molecule has 0 radical (unpaired) electrons. The fraction of sp³-hybridized carbons (Fsp3) is 0.294. The van der Waals surface area contributed by atoms with Gasteiger partial charge >= 0.3 is 0 Å². The zero-order valence-electron chi connectivity index (χ0n) is 11.8. The lowest BCUT2D eigenvalue weighted by Gasteiger charge is -2.19. The van der Waals surface area contributed by atoms with Gasteiger partial charge in [0.1, 0.15) is 0 Å². The average molecular weight is 397 g/mol. The van der Waals surface area contributed by atoms with Crippen molar-refractivity contribution in [2.75, 3.05) is 6.54 Å². The van der Waals surface area contributed by atoms with Gasteiger partial charge in [-0.3, -0.25) is 0 Å². The van der Waals surface area contributed by atoms with Crippen LogP contribution in [0.2, 0.25) is 0 Å². The molecule has 1 nitrogen and oxygen atoms in total. The predicted octanol–water partition coefficient (Wildman–Crippen LogP) is 5.41. The van der Waals surface area contributed by atoms with Gasteiger partial charge in [0.05, 0.1) is 0 Å². The van der Waals surface area contributed by atoms with Crippen molar-refractivity contribution in [3.05, 3.63) is 68.1 Å². The van der Waals surface area contributed by atoms with Gasteiger partial charge in [-0.15, -0.1) is 0 Å². The molecule has 1 unspecified atom stereocenters. The Hall–Kier alpha value is -0.640. The molecule has 2 aromatic rings. The zero-order valence-corrected chi connectivity index (χ0v) is 15.0. The summed E-state index contributed by atoms with van der Waals surface area (Å²) in [6, 6.07) is 15.5. The van der Waals surface area contributed by atoms with Crippen LogP contribution in [-0.2, 0) is 6.42 Å². The molecule has 106 valence electrons. The Labute approximate surface area is 138 Å². The van der Waals surface area contributed by atoms with Crippen LogP contribution in [0, 0.1) is 6.92 Å². The molecule has 0 saturated carbocycles. The van der Waals surface area contributed by atoms with Crippen molar-refractivity contribution in [3.8, 4) is 0 Å². The van der Waals surface area contributed by atoms with Crippen LogP contribution < -0.4 is 5.32 Å². The van der Waals surface area contributed by atoms with Crippen molar-refractivity contribution < 1.29 is 0 Å². The summed E-state index contributed by atoms with van der Waals surface area (Å²) in [5.41, 5.74) is 3.93. The average Bonchev–Trinajstić information content (AvgIpc) is 2.41. The summed E-state index contributed by atoms with van der Waals surface area (Å²) in [5.74, 6) is 0. The van der Waals surface area contributed by atoms with Crippen LogP contribution in [0.1, 0.15) is 29.7 Å². The maximum atomic E-state index is 3.63. The van der Waals surface area contributed by atoms with E-state index in [0.717, 1.165) is 17.4 Å². The molecule has 0 heterocycles. The number of benzene rings is 2. The standard InChI is InChI=1S/C17H19Br2N/c1-3-20-17(10-13-5-4-6-15(18)9-13)14-8-7-12(2)16(19)11-14/h4-9,11,17,20H,3,10H2,1-2H3. The van der Waals surface area contributed by atoms with Crippen LogP contribution in [0.4, 0.5) is 0 Å². The minimum Gasteiger partial charge on any atom is -0.310 e. The molecular weight excluding hydrogens is 378 g/mol. The van der Waals surface area contributed by atoms with Gasteiger partial charge in [0.15, 0.2) is 0 Å². The van der Waals surface area contributed by atoms with E-state index < -0.39 is 0 Å². The monoisotopic (exact) mass is 395 g/mol. The van der Waals surface area contributed by atoms with Crippen LogP contribution in [0.25, 0.3) is 0 Å². The quantitative estimate of drug-likeness (QED) is 0.711. The summed E-state index contributed by atoms with van der Waals surface area (Å²) in [6.45, 7) is 5.23. The van der Waals surface area contributed by atoms with E-state index in [1.807, 2.05) is 0 Å². The SMILES string of the molecule is CCNC(Cc1cccc(Br)c1)c1ccc(C)c(Br)c1. The Morgan fingerprint density at radius 3 is 2.55 bits per heavy atom. The van der Waals surface area contributed by atoms with E-state index in [4.69, 9.17) is 0 Å². The van der Waals surface area contributed by atoms with E-state index in [0.29, 0.717) is 6.04 Å². The van der Waals surface area contributed by atoms with E-state index in [9.17, 15) is 0 Å². The van der Waals surface area contributed by atoms with E-state index in [1.54, 1.807) is 0 Å². The van der Waals surface area contributed by atoms with Gasteiger partial charge in [-0.05, 0) is 54.8 Å². The Kier molecular flexibility index (Phi) is 5.82. The van der Waals surface area contributed by atoms with Crippen LogP contribution in [0.5, 0.6) is 0 Å². The first-order valence-electron chi connectivity index (χ1n) is 6.84. The van der Waals surface area contributed by atoms with Crippen LogP contribution in [-0.4, -0.2) is 6.54 Å². The van der Waals surface area contributed by atoms with Gasteiger partial charge in [0.25, 0.3) is 0 Å². The van der Waals surface area contributed by atoms with Gasteiger partial charge in [0.2, 0.25) is 0 Å². The molecule has 1 atom stereocenters. The topological polar surface area (TPSA) is 12.0 Å². The van der Waals surface area contributed by atoms with Gasteiger partial charge in [-0.25, -0.2) is 0 Å². The maximum Gasteiger partial charge on any atom is 0.0361 e. The van der Waals surface area contributed by atoms with E-state index in [-0.39, 0.29) is 0 Å². The van der Waals surface area contributed by atoms with E-state index >= 15 is 0 Å². The minimum atomic E-state index is 0.339. The van der Waals surface area contributed by atoms with E-state index in [1.165, 1.54) is 21.2 Å². The fourth-order valence-corrected chi connectivity index (χ4v) is 3.12. The molecule has 1 N–H and O–H groups in total. The Morgan fingerprint density at radius 2 is 1.90 bits per heavy atom. The molecular formula is C17H19Br2N. The molecule has 20 heavy (non-hydrogen) atoms. The van der Waals surface area contributed by atoms with Crippen LogP contribution in [0.3, 0.4) is 0 Å². The van der Waals surface area contributed by atoms with Crippen molar-refractivity contribution in [3.63, 3.8) is 0 Å². The number of hydrogen-bond donors (Lipinski definition) is 1. The number of nitrogens with one attached hydrogen (secondary N) is 1. The van der Waals surface area contributed by atoms with Crippen molar-refractivity contribution >= 4 is 31.9 Å². The second-order valence-electron chi connectivity index (χ2n) is 4.95. The van der Waals surface area contributed by atoms with Gasteiger partial charge < -0.3 is 5.32 Å². The molecule has 0 bridgehead atoms. The molecule has 0 aliphatic carbocycles. The lowest BCUT2D eigenvalue weighted by Crippen LogP contribution is -2.23. The lowest BCUT2D eigenvalue weighted by atomic mass is 9.98. The molecule has 2 aromatic carbocycles. The van der Waals surface area contributed by atoms with Crippen LogP contribution in [0.15, 0.2) is 51.4 Å². The molecule has 0 aliphatic heterocycles.